The van der Waals surface area contributed by atoms with Gasteiger partial charge in [0.2, 0.25) is 0 Å². The Balaban J connectivity index is 1.92. The van der Waals surface area contributed by atoms with E-state index in [2.05, 4.69) is 18.7 Å². The largest absolute Gasteiger partial charge is 0.377 e. The summed E-state index contributed by atoms with van der Waals surface area (Å²) < 4.78 is 5.47. The van der Waals surface area contributed by atoms with Crippen molar-refractivity contribution in [2.24, 2.45) is 11.8 Å². The molecule has 0 N–H and O–H groups in total. The van der Waals surface area contributed by atoms with E-state index in [9.17, 15) is 14.9 Å². The summed E-state index contributed by atoms with van der Waals surface area (Å²) in [5, 5.41) is 11.7. The number of ether oxygens (including phenoxy) is 1. The highest BCUT2D eigenvalue weighted by atomic mass is 16.6. The summed E-state index contributed by atoms with van der Waals surface area (Å²) in [7, 11) is 0. The molecule has 27 heavy (non-hydrogen) atoms. The third kappa shape index (κ3) is 4.08. The molecule has 2 atom stereocenters. The first-order valence-corrected chi connectivity index (χ1v) is 9.62. The molecule has 3 rings (SSSR count). The molecule has 7 heteroatoms. The first-order chi connectivity index (χ1) is 12.7. The average molecular weight is 375 g/mol. The molecule has 1 aromatic carbocycles. The van der Waals surface area contributed by atoms with Gasteiger partial charge in [-0.1, -0.05) is 13.8 Å². The fourth-order valence-corrected chi connectivity index (χ4v) is 4.32. The number of amides is 1. The molecule has 2 saturated heterocycles. The molecule has 0 saturated carbocycles. The van der Waals surface area contributed by atoms with Gasteiger partial charge in [0.15, 0.2) is 0 Å². The molecule has 1 aromatic rings. The Morgan fingerprint density at radius 1 is 1.26 bits per heavy atom. The molecule has 0 aliphatic carbocycles. The van der Waals surface area contributed by atoms with Crippen LogP contribution in [0.15, 0.2) is 18.2 Å². The molecule has 1 amide bonds. The minimum Gasteiger partial charge on any atom is -0.377 e. The van der Waals surface area contributed by atoms with Crippen LogP contribution in [0.2, 0.25) is 0 Å². The van der Waals surface area contributed by atoms with Gasteiger partial charge in [0.1, 0.15) is 5.69 Å². The Kier molecular flexibility index (Phi) is 5.42. The van der Waals surface area contributed by atoms with E-state index in [1.807, 2.05) is 13.8 Å². The van der Waals surface area contributed by atoms with Crippen molar-refractivity contribution in [1.82, 2.24) is 4.90 Å². The highest BCUT2D eigenvalue weighted by molar-refractivity contribution is 5.96. The zero-order chi connectivity index (χ0) is 19.8. The van der Waals surface area contributed by atoms with Gasteiger partial charge in [-0.25, -0.2) is 0 Å². The van der Waals surface area contributed by atoms with Crippen molar-refractivity contribution in [2.45, 2.75) is 39.7 Å². The van der Waals surface area contributed by atoms with Gasteiger partial charge in [-0.3, -0.25) is 14.9 Å². The number of carbonyl (C=O) groups is 1. The number of piperidine rings is 1. The van der Waals surface area contributed by atoms with Crippen LogP contribution in [0.5, 0.6) is 0 Å². The Labute approximate surface area is 160 Å². The van der Waals surface area contributed by atoms with Gasteiger partial charge in [-0.05, 0) is 44.2 Å². The van der Waals surface area contributed by atoms with Crippen LogP contribution in [-0.4, -0.2) is 54.1 Å². The normalized spacial score (nSPS) is 25.3. The molecule has 0 radical (unpaired) electrons. The highest BCUT2D eigenvalue weighted by Gasteiger charge is 2.35. The molecule has 2 fully saturated rings. The summed E-state index contributed by atoms with van der Waals surface area (Å²) in [5.74, 6) is 0.797. The number of carbonyl (C=O) groups excluding carboxylic acids is 1. The van der Waals surface area contributed by atoms with Gasteiger partial charge in [-0.2, -0.15) is 0 Å². The monoisotopic (exact) mass is 375 g/mol. The zero-order valence-corrected chi connectivity index (χ0v) is 16.6. The predicted octanol–water partition coefficient (Wildman–Crippen LogP) is 3.33. The number of benzene rings is 1. The van der Waals surface area contributed by atoms with Crippen LogP contribution in [0.1, 0.15) is 44.5 Å². The molecule has 7 nitrogen and oxygen atoms in total. The van der Waals surface area contributed by atoms with Crippen LogP contribution in [0.3, 0.4) is 0 Å². The summed E-state index contributed by atoms with van der Waals surface area (Å²) in [6.45, 7) is 11.3. The molecular formula is C20H29N3O4. The van der Waals surface area contributed by atoms with Gasteiger partial charge in [0.25, 0.3) is 11.6 Å². The fourth-order valence-electron chi connectivity index (χ4n) is 4.32. The maximum Gasteiger partial charge on any atom is 0.293 e. The fraction of sp³-hybridized carbons (Fsp3) is 0.650. The maximum atomic E-state index is 13.0. The molecular weight excluding hydrogens is 346 g/mol. The number of morpholine rings is 1. The molecule has 2 aliphatic heterocycles. The maximum absolute atomic E-state index is 13.0. The van der Waals surface area contributed by atoms with Crippen molar-refractivity contribution in [3.05, 3.63) is 33.9 Å². The van der Waals surface area contributed by atoms with E-state index in [1.54, 1.807) is 17.0 Å². The van der Waals surface area contributed by atoms with Crippen LogP contribution in [0, 0.1) is 22.0 Å². The van der Waals surface area contributed by atoms with Crippen LogP contribution in [-0.2, 0) is 4.74 Å². The summed E-state index contributed by atoms with van der Waals surface area (Å²) in [5.41, 5.74) is 0.545. The number of hydrogen-bond donors (Lipinski definition) is 0. The average Bonchev–Trinajstić information content (AvgIpc) is 2.59. The lowest BCUT2D eigenvalue weighted by atomic mass is 9.91. The van der Waals surface area contributed by atoms with Gasteiger partial charge < -0.3 is 14.5 Å². The topological polar surface area (TPSA) is 75.9 Å². The van der Waals surface area contributed by atoms with Crippen molar-refractivity contribution in [1.29, 1.82) is 0 Å². The van der Waals surface area contributed by atoms with E-state index in [0.29, 0.717) is 42.8 Å². The highest BCUT2D eigenvalue weighted by Crippen LogP contribution is 2.34. The molecule has 0 bridgehead atoms. The van der Waals surface area contributed by atoms with E-state index in [0.717, 1.165) is 19.5 Å². The SMILES string of the molecule is CC1CC(C)CN(c2ccc(C(=O)N3CCOCC3(C)C)cc2[N+](=O)[O-])C1. The van der Waals surface area contributed by atoms with E-state index in [4.69, 9.17) is 4.74 Å². The molecule has 2 heterocycles. The first-order valence-electron chi connectivity index (χ1n) is 9.62. The molecule has 0 aromatic heterocycles. The second-order valence-corrected chi connectivity index (χ2v) is 8.63. The van der Waals surface area contributed by atoms with Crippen LogP contribution in [0.4, 0.5) is 11.4 Å². The van der Waals surface area contributed by atoms with Gasteiger partial charge in [0, 0.05) is 31.3 Å². The van der Waals surface area contributed by atoms with Crippen LogP contribution in [0.25, 0.3) is 0 Å². The number of hydrogen-bond acceptors (Lipinski definition) is 5. The third-order valence-electron chi connectivity index (χ3n) is 5.52. The Bertz CT molecular complexity index is 724. The lowest BCUT2D eigenvalue weighted by Gasteiger charge is -2.42. The van der Waals surface area contributed by atoms with Crippen LogP contribution < -0.4 is 4.90 Å². The second kappa shape index (κ2) is 7.46. The van der Waals surface area contributed by atoms with Crippen molar-refractivity contribution >= 4 is 17.3 Å². The summed E-state index contributed by atoms with van der Waals surface area (Å²) in [6.07, 6.45) is 1.13. The molecule has 148 valence electrons. The Hall–Kier alpha value is -2.15. The standard InChI is InChI=1S/C20H29N3O4/c1-14-9-15(2)12-21(11-14)17-6-5-16(10-18(17)23(25)26)19(24)22-7-8-27-13-20(22,3)4/h5-6,10,14-15H,7-9,11-13H2,1-4H3. The number of rotatable bonds is 3. The van der Waals surface area contributed by atoms with E-state index < -0.39 is 5.54 Å². The number of nitro benzene ring substituents is 1. The minimum atomic E-state index is -0.430. The molecule has 2 unspecified atom stereocenters. The van der Waals surface area contributed by atoms with Crippen molar-refractivity contribution in [3.8, 4) is 0 Å². The smallest absolute Gasteiger partial charge is 0.293 e. The van der Waals surface area contributed by atoms with E-state index in [1.165, 1.54) is 6.07 Å². The van der Waals surface area contributed by atoms with Crippen molar-refractivity contribution in [3.63, 3.8) is 0 Å². The van der Waals surface area contributed by atoms with Gasteiger partial charge in [0.05, 0.1) is 23.7 Å². The van der Waals surface area contributed by atoms with Gasteiger partial charge in [-0.15, -0.1) is 0 Å². The summed E-state index contributed by atoms with van der Waals surface area (Å²) in [6, 6.07) is 4.90. The predicted molar refractivity (Wildman–Crippen MR) is 104 cm³/mol. The van der Waals surface area contributed by atoms with Crippen LogP contribution >= 0.6 is 0 Å². The first kappa shape index (κ1) is 19.6. The number of nitro groups is 1. The zero-order valence-electron chi connectivity index (χ0n) is 16.6. The lowest BCUT2D eigenvalue weighted by molar-refractivity contribution is -0.384. The van der Waals surface area contributed by atoms with Crippen molar-refractivity contribution < 1.29 is 14.5 Å². The summed E-state index contributed by atoms with van der Waals surface area (Å²) in [4.78, 5) is 28.2. The molecule has 2 aliphatic rings. The Morgan fingerprint density at radius 2 is 1.93 bits per heavy atom. The Morgan fingerprint density at radius 3 is 2.52 bits per heavy atom. The van der Waals surface area contributed by atoms with E-state index >= 15 is 0 Å². The van der Waals surface area contributed by atoms with E-state index in [-0.39, 0.29) is 16.5 Å². The quantitative estimate of drug-likeness (QED) is 0.598. The summed E-state index contributed by atoms with van der Waals surface area (Å²) >= 11 is 0. The lowest BCUT2D eigenvalue weighted by Crippen LogP contribution is -2.55. The number of nitrogens with zero attached hydrogens (tertiary/aromatic N) is 3. The third-order valence-corrected chi connectivity index (χ3v) is 5.52. The van der Waals surface area contributed by atoms with Gasteiger partial charge >= 0.3 is 0 Å². The minimum absolute atomic E-state index is 0.00761. The molecule has 0 spiro atoms. The van der Waals surface area contributed by atoms with Crippen molar-refractivity contribution in [2.75, 3.05) is 37.7 Å². The second-order valence-electron chi connectivity index (χ2n) is 8.63. The number of anilines is 1.